The lowest BCUT2D eigenvalue weighted by Gasteiger charge is -2.28. The van der Waals surface area contributed by atoms with E-state index in [1.54, 1.807) is 23.7 Å². The van der Waals surface area contributed by atoms with Crippen LogP contribution in [0.4, 0.5) is 0 Å². The number of para-hydroxylation sites is 1. The summed E-state index contributed by atoms with van der Waals surface area (Å²) in [6.45, 7) is 10.7. The predicted octanol–water partition coefficient (Wildman–Crippen LogP) is 3.46. The Kier molecular flexibility index (Phi) is 6.12. The van der Waals surface area contributed by atoms with Crippen LogP contribution >= 0.6 is 0 Å². The lowest BCUT2D eigenvalue weighted by atomic mass is 9.97. The zero-order chi connectivity index (χ0) is 21.0. The normalized spacial score (nSPS) is 13.3. The number of carbonyl (C=O) groups excluding carboxylic acids is 1. The second-order valence-electron chi connectivity index (χ2n) is 7.18. The first-order valence-corrected chi connectivity index (χ1v) is 9.76. The molecule has 1 atom stereocenters. The standard InChI is InChI=1S/C21H27N5O3/c1-6-21(5,22-13-16-11-12-17(29-16)19(27)28-7-2)20-23-24-25-26(20)18-14(3)9-8-10-15(18)4/h8-12,22H,6-7,13H2,1-5H3/t21-/m1/s1. The van der Waals surface area contributed by atoms with Crippen molar-refractivity contribution in [1.82, 2.24) is 25.5 Å². The maximum atomic E-state index is 11.8. The molecule has 0 aliphatic rings. The van der Waals surface area contributed by atoms with Crippen molar-refractivity contribution in [2.45, 2.75) is 53.1 Å². The summed E-state index contributed by atoms with van der Waals surface area (Å²) in [5.74, 6) is 1.09. The van der Waals surface area contributed by atoms with Crippen LogP contribution in [-0.4, -0.2) is 32.8 Å². The van der Waals surface area contributed by atoms with E-state index in [1.807, 2.05) is 32.0 Å². The lowest BCUT2D eigenvalue weighted by molar-refractivity contribution is 0.0487. The van der Waals surface area contributed by atoms with Crippen LogP contribution in [0.5, 0.6) is 0 Å². The van der Waals surface area contributed by atoms with E-state index in [0.717, 1.165) is 29.1 Å². The summed E-state index contributed by atoms with van der Waals surface area (Å²) in [6.07, 6.45) is 0.754. The lowest BCUT2D eigenvalue weighted by Crippen LogP contribution is -2.41. The van der Waals surface area contributed by atoms with Crippen LogP contribution in [0.2, 0.25) is 0 Å². The quantitative estimate of drug-likeness (QED) is 0.582. The van der Waals surface area contributed by atoms with E-state index in [2.05, 4.69) is 34.7 Å². The van der Waals surface area contributed by atoms with Gasteiger partial charge in [0.25, 0.3) is 0 Å². The molecule has 0 saturated heterocycles. The molecule has 8 heteroatoms. The number of esters is 1. The molecule has 1 aromatic carbocycles. The zero-order valence-electron chi connectivity index (χ0n) is 17.5. The Labute approximate surface area is 170 Å². The van der Waals surface area contributed by atoms with E-state index in [4.69, 9.17) is 9.15 Å². The van der Waals surface area contributed by atoms with Crippen molar-refractivity contribution in [2.75, 3.05) is 6.61 Å². The Morgan fingerprint density at radius 3 is 2.59 bits per heavy atom. The molecular formula is C21H27N5O3. The SMILES string of the molecule is CCOC(=O)c1ccc(CN[C@](C)(CC)c2nnnn2-c2c(C)cccc2C)o1. The second kappa shape index (κ2) is 8.57. The topological polar surface area (TPSA) is 95.1 Å². The van der Waals surface area contributed by atoms with Gasteiger partial charge in [-0.2, -0.15) is 4.68 Å². The van der Waals surface area contributed by atoms with E-state index in [0.29, 0.717) is 18.9 Å². The molecule has 154 valence electrons. The Balaban J connectivity index is 1.85. The number of benzene rings is 1. The molecule has 0 bridgehead atoms. The highest BCUT2D eigenvalue weighted by Gasteiger charge is 2.32. The van der Waals surface area contributed by atoms with Crippen LogP contribution < -0.4 is 5.32 Å². The van der Waals surface area contributed by atoms with E-state index in [9.17, 15) is 4.79 Å². The number of rotatable bonds is 8. The van der Waals surface area contributed by atoms with Crippen LogP contribution in [0.15, 0.2) is 34.7 Å². The number of tetrazole rings is 1. The number of hydrogen-bond donors (Lipinski definition) is 1. The number of furan rings is 1. The molecule has 0 amide bonds. The van der Waals surface area contributed by atoms with Gasteiger partial charge in [0.05, 0.1) is 24.4 Å². The molecule has 0 radical (unpaired) electrons. The van der Waals surface area contributed by atoms with Gasteiger partial charge in [-0.25, -0.2) is 4.79 Å². The van der Waals surface area contributed by atoms with Gasteiger partial charge >= 0.3 is 5.97 Å². The van der Waals surface area contributed by atoms with Crippen molar-refractivity contribution in [3.63, 3.8) is 0 Å². The molecular weight excluding hydrogens is 370 g/mol. The van der Waals surface area contributed by atoms with Gasteiger partial charge in [-0.1, -0.05) is 25.1 Å². The monoisotopic (exact) mass is 397 g/mol. The highest BCUT2D eigenvalue weighted by Crippen LogP contribution is 2.27. The first kappa shape index (κ1) is 20.7. The highest BCUT2D eigenvalue weighted by atomic mass is 16.5. The number of hydrogen-bond acceptors (Lipinski definition) is 7. The Morgan fingerprint density at radius 2 is 1.93 bits per heavy atom. The number of aryl methyl sites for hydroxylation is 2. The second-order valence-corrected chi connectivity index (χ2v) is 7.18. The van der Waals surface area contributed by atoms with Crippen LogP contribution in [0.25, 0.3) is 5.69 Å². The van der Waals surface area contributed by atoms with Gasteiger partial charge in [-0.3, -0.25) is 5.32 Å². The van der Waals surface area contributed by atoms with Gasteiger partial charge < -0.3 is 9.15 Å². The average molecular weight is 397 g/mol. The molecule has 0 saturated carbocycles. The van der Waals surface area contributed by atoms with Crippen molar-refractivity contribution < 1.29 is 13.9 Å². The number of ether oxygens (including phenoxy) is 1. The first-order chi connectivity index (χ1) is 13.9. The third-order valence-corrected chi connectivity index (χ3v) is 5.11. The van der Waals surface area contributed by atoms with Gasteiger partial charge in [0.1, 0.15) is 5.76 Å². The largest absolute Gasteiger partial charge is 0.460 e. The van der Waals surface area contributed by atoms with Gasteiger partial charge in [-0.15, -0.1) is 5.10 Å². The minimum absolute atomic E-state index is 0.197. The van der Waals surface area contributed by atoms with Gasteiger partial charge in [-0.05, 0) is 67.8 Å². The van der Waals surface area contributed by atoms with Gasteiger partial charge in [0.2, 0.25) is 5.76 Å². The molecule has 0 spiro atoms. The summed E-state index contributed by atoms with van der Waals surface area (Å²) >= 11 is 0. The third-order valence-electron chi connectivity index (χ3n) is 5.11. The zero-order valence-corrected chi connectivity index (χ0v) is 17.5. The predicted molar refractivity (Wildman–Crippen MR) is 108 cm³/mol. The van der Waals surface area contributed by atoms with Crippen molar-refractivity contribution in [3.8, 4) is 5.69 Å². The van der Waals surface area contributed by atoms with Crippen LogP contribution in [0, 0.1) is 13.8 Å². The summed E-state index contributed by atoms with van der Waals surface area (Å²) < 4.78 is 12.4. The van der Waals surface area contributed by atoms with Gasteiger partial charge in [0.15, 0.2) is 5.82 Å². The molecule has 29 heavy (non-hydrogen) atoms. The maximum Gasteiger partial charge on any atom is 0.374 e. The number of aromatic nitrogens is 4. The van der Waals surface area contributed by atoms with Crippen molar-refractivity contribution in [2.24, 2.45) is 0 Å². The molecule has 0 aliphatic carbocycles. The fourth-order valence-corrected chi connectivity index (χ4v) is 3.25. The molecule has 3 rings (SSSR count). The van der Waals surface area contributed by atoms with E-state index < -0.39 is 11.5 Å². The minimum Gasteiger partial charge on any atom is -0.460 e. The number of nitrogens with zero attached hydrogens (tertiary/aromatic N) is 4. The molecule has 0 unspecified atom stereocenters. The summed E-state index contributed by atoms with van der Waals surface area (Å²) in [4.78, 5) is 11.8. The van der Waals surface area contributed by atoms with Crippen LogP contribution in [0.3, 0.4) is 0 Å². The molecule has 2 aromatic heterocycles. The van der Waals surface area contributed by atoms with E-state index >= 15 is 0 Å². The maximum absolute atomic E-state index is 11.8. The summed E-state index contributed by atoms with van der Waals surface area (Å²) in [5, 5.41) is 16.0. The summed E-state index contributed by atoms with van der Waals surface area (Å²) in [7, 11) is 0. The fraction of sp³-hybridized carbons (Fsp3) is 0.429. The molecule has 0 aliphatic heterocycles. The molecule has 3 aromatic rings. The minimum atomic E-state index is -0.505. The first-order valence-electron chi connectivity index (χ1n) is 9.76. The molecule has 2 heterocycles. The average Bonchev–Trinajstić information content (AvgIpc) is 3.36. The van der Waals surface area contributed by atoms with Crippen LogP contribution in [-0.2, 0) is 16.8 Å². The third kappa shape index (κ3) is 4.22. The Hall–Kier alpha value is -3.00. The smallest absolute Gasteiger partial charge is 0.374 e. The van der Waals surface area contributed by atoms with Crippen molar-refractivity contribution in [3.05, 3.63) is 58.8 Å². The van der Waals surface area contributed by atoms with Crippen molar-refractivity contribution >= 4 is 5.97 Å². The van der Waals surface area contributed by atoms with Crippen LogP contribution in [0.1, 0.15) is 60.5 Å². The summed E-state index contributed by atoms with van der Waals surface area (Å²) in [5.41, 5.74) is 2.68. The number of nitrogens with one attached hydrogen (secondary N) is 1. The Morgan fingerprint density at radius 1 is 1.21 bits per heavy atom. The Bertz CT molecular complexity index is 974. The van der Waals surface area contributed by atoms with Gasteiger partial charge in [0, 0.05) is 0 Å². The fourth-order valence-electron chi connectivity index (χ4n) is 3.25. The molecule has 1 N–H and O–H groups in total. The molecule has 0 fully saturated rings. The molecule has 8 nitrogen and oxygen atoms in total. The summed E-state index contributed by atoms with van der Waals surface area (Å²) in [6, 6.07) is 9.50. The highest BCUT2D eigenvalue weighted by molar-refractivity contribution is 5.86. The van der Waals surface area contributed by atoms with E-state index in [-0.39, 0.29) is 5.76 Å². The van der Waals surface area contributed by atoms with Crippen molar-refractivity contribution in [1.29, 1.82) is 0 Å². The van der Waals surface area contributed by atoms with E-state index in [1.165, 1.54) is 0 Å². The number of carbonyl (C=O) groups is 1.